The number of aromatic nitrogens is 3. The van der Waals surface area contributed by atoms with Gasteiger partial charge < -0.3 is 10.2 Å². The van der Waals surface area contributed by atoms with E-state index >= 15 is 0 Å². The first-order valence-corrected chi connectivity index (χ1v) is 9.90. The Balaban J connectivity index is 1.60. The molecule has 1 aliphatic heterocycles. The zero-order valence-corrected chi connectivity index (χ0v) is 16.8. The molecule has 0 aliphatic carbocycles. The van der Waals surface area contributed by atoms with Crippen LogP contribution in [0.1, 0.15) is 26.2 Å². The molecule has 0 atom stereocenters. The average molecular weight is 408 g/mol. The van der Waals surface area contributed by atoms with Crippen molar-refractivity contribution in [1.82, 2.24) is 19.9 Å². The number of alkyl halides is 3. The number of pyridine rings is 1. The van der Waals surface area contributed by atoms with Crippen molar-refractivity contribution in [3.05, 3.63) is 30.7 Å². The number of nitrogens with one attached hydrogen (secondary N) is 1. The fraction of sp³-hybridized carbons (Fsp3) is 0.550. The minimum Gasteiger partial charge on any atom is -0.370 e. The van der Waals surface area contributed by atoms with E-state index in [0.717, 1.165) is 35.9 Å². The molecule has 3 rings (SSSR count). The third-order valence-corrected chi connectivity index (χ3v) is 5.14. The number of hydrogen-bond acceptors (Lipinski definition) is 6. The van der Waals surface area contributed by atoms with Gasteiger partial charge in [-0.25, -0.2) is 15.0 Å². The molecule has 158 valence electrons. The molecule has 0 radical (unpaired) electrons. The average Bonchev–Trinajstić information content (AvgIpc) is 2.71. The third kappa shape index (κ3) is 6.03. The van der Waals surface area contributed by atoms with Crippen molar-refractivity contribution < 1.29 is 13.2 Å². The maximum atomic E-state index is 12.5. The van der Waals surface area contributed by atoms with Crippen molar-refractivity contribution in [1.29, 1.82) is 0 Å². The molecule has 29 heavy (non-hydrogen) atoms. The number of hydrogen-bond donors (Lipinski definition) is 1. The Hall–Kier alpha value is -2.42. The van der Waals surface area contributed by atoms with Crippen LogP contribution in [-0.4, -0.2) is 65.3 Å². The van der Waals surface area contributed by atoms with Gasteiger partial charge in [0.1, 0.15) is 18.0 Å². The first-order chi connectivity index (χ1) is 13.9. The van der Waals surface area contributed by atoms with E-state index in [0.29, 0.717) is 25.9 Å². The molecule has 3 heterocycles. The largest absolute Gasteiger partial charge is 0.401 e. The first-order valence-electron chi connectivity index (χ1n) is 9.90. The van der Waals surface area contributed by atoms with Gasteiger partial charge in [0, 0.05) is 50.6 Å². The number of halogens is 3. The van der Waals surface area contributed by atoms with Crippen molar-refractivity contribution in [3.8, 4) is 11.3 Å². The smallest absolute Gasteiger partial charge is 0.370 e. The molecule has 0 aromatic carbocycles. The van der Waals surface area contributed by atoms with Crippen LogP contribution in [0, 0.1) is 0 Å². The van der Waals surface area contributed by atoms with Crippen LogP contribution in [0.25, 0.3) is 11.3 Å². The summed E-state index contributed by atoms with van der Waals surface area (Å²) in [7, 11) is 1.95. The van der Waals surface area contributed by atoms with E-state index in [4.69, 9.17) is 0 Å². The molecule has 0 spiro atoms. The van der Waals surface area contributed by atoms with Crippen LogP contribution < -0.4 is 10.2 Å². The SMILES string of the molecule is CCCNc1cc(-c2ccc(N(C)C3CCN(CC(F)(F)F)CC3)nc2)ncn1. The summed E-state index contributed by atoms with van der Waals surface area (Å²) in [6.45, 7) is 3.00. The van der Waals surface area contributed by atoms with Crippen LogP contribution in [0.2, 0.25) is 0 Å². The Morgan fingerprint density at radius 1 is 1.17 bits per heavy atom. The minimum atomic E-state index is -4.14. The number of anilines is 2. The van der Waals surface area contributed by atoms with Crippen LogP contribution in [0.15, 0.2) is 30.7 Å². The topological polar surface area (TPSA) is 57.2 Å². The summed E-state index contributed by atoms with van der Waals surface area (Å²) in [5.41, 5.74) is 1.69. The summed E-state index contributed by atoms with van der Waals surface area (Å²) in [5.74, 6) is 1.59. The third-order valence-electron chi connectivity index (χ3n) is 5.14. The Morgan fingerprint density at radius 2 is 1.93 bits per heavy atom. The van der Waals surface area contributed by atoms with E-state index in [1.165, 1.54) is 11.2 Å². The predicted molar refractivity (Wildman–Crippen MR) is 108 cm³/mol. The van der Waals surface area contributed by atoms with E-state index in [-0.39, 0.29) is 6.04 Å². The summed E-state index contributed by atoms with van der Waals surface area (Å²) < 4.78 is 37.6. The van der Waals surface area contributed by atoms with Crippen LogP contribution in [0.5, 0.6) is 0 Å². The molecule has 2 aromatic rings. The molecule has 0 saturated carbocycles. The van der Waals surface area contributed by atoms with Crippen molar-refractivity contribution >= 4 is 11.6 Å². The standard InChI is InChI=1S/C20H27F3N6/c1-3-8-24-18-11-17(26-14-27-18)15-4-5-19(25-12-15)28(2)16-6-9-29(10-7-16)13-20(21,22)23/h4-5,11-12,14,16H,3,6-10,13H2,1-2H3,(H,24,26,27). The van der Waals surface area contributed by atoms with Crippen molar-refractivity contribution in [3.63, 3.8) is 0 Å². The number of rotatable bonds is 7. The Bertz CT molecular complexity index is 773. The molecular weight excluding hydrogens is 381 g/mol. The fourth-order valence-electron chi connectivity index (χ4n) is 3.52. The van der Waals surface area contributed by atoms with Crippen molar-refractivity contribution in [2.75, 3.05) is 43.4 Å². The molecule has 6 nitrogen and oxygen atoms in total. The molecule has 0 unspecified atom stereocenters. The van der Waals surface area contributed by atoms with Crippen molar-refractivity contribution in [2.24, 2.45) is 0 Å². The zero-order valence-electron chi connectivity index (χ0n) is 16.8. The van der Waals surface area contributed by atoms with Gasteiger partial charge in [0.05, 0.1) is 12.2 Å². The van der Waals surface area contributed by atoms with Gasteiger partial charge in [-0.3, -0.25) is 4.90 Å². The lowest BCUT2D eigenvalue weighted by Crippen LogP contribution is -2.46. The zero-order chi connectivity index (χ0) is 20.9. The summed E-state index contributed by atoms with van der Waals surface area (Å²) in [5, 5.41) is 3.24. The molecule has 1 fully saturated rings. The summed E-state index contributed by atoms with van der Waals surface area (Å²) in [6.07, 6.45) is 1.56. The molecule has 2 aromatic heterocycles. The van der Waals surface area contributed by atoms with E-state index < -0.39 is 12.7 Å². The number of nitrogens with zero attached hydrogens (tertiary/aromatic N) is 5. The Kier molecular flexibility index (Phi) is 6.89. The van der Waals surface area contributed by atoms with Gasteiger partial charge in [0.2, 0.25) is 0 Å². The highest BCUT2D eigenvalue weighted by Gasteiger charge is 2.33. The maximum absolute atomic E-state index is 12.5. The Labute approximate surface area is 169 Å². The lowest BCUT2D eigenvalue weighted by molar-refractivity contribution is -0.147. The van der Waals surface area contributed by atoms with Crippen LogP contribution in [-0.2, 0) is 0 Å². The highest BCUT2D eigenvalue weighted by molar-refractivity contribution is 5.62. The second-order valence-corrected chi connectivity index (χ2v) is 7.35. The Morgan fingerprint density at radius 3 is 2.55 bits per heavy atom. The van der Waals surface area contributed by atoms with Gasteiger partial charge in [-0.1, -0.05) is 6.92 Å². The maximum Gasteiger partial charge on any atom is 0.401 e. The summed E-state index contributed by atoms with van der Waals surface area (Å²) in [6, 6.07) is 5.97. The second kappa shape index (κ2) is 9.39. The van der Waals surface area contributed by atoms with Gasteiger partial charge in [0.25, 0.3) is 0 Å². The molecule has 1 saturated heterocycles. The number of piperidine rings is 1. The first kappa shape index (κ1) is 21.3. The van der Waals surface area contributed by atoms with E-state index in [2.05, 4.69) is 32.1 Å². The van der Waals surface area contributed by atoms with Gasteiger partial charge in [-0.05, 0) is 31.4 Å². The molecule has 0 amide bonds. The molecule has 0 bridgehead atoms. The van der Waals surface area contributed by atoms with Crippen LogP contribution >= 0.6 is 0 Å². The number of likely N-dealkylation sites (tertiary alicyclic amines) is 1. The molecule has 1 N–H and O–H groups in total. The predicted octanol–water partition coefficient (Wildman–Crippen LogP) is 3.82. The van der Waals surface area contributed by atoms with Gasteiger partial charge in [-0.15, -0.1) is 0 Å². The van der Waals surface area contributed by atoms with E-state index in [1.807, 2.05) is 25.2 Å². The lowest BCUT2D eigenvalue weighted by atomic mass is 10.0. The van der Waals surface area contributed by atoms with E-state index in [1.54, 1.807) is 6.20 Å². The molecule has 1 aliphatic rings. The molecular formula is C20H27F3N6. The summed E-state index contributed by atoms with van der Waals surface area (Å²) in [4.78, 5) is 16.6. The highest BCUT2D eigenvalue weighted by Crippen LogP contribution is 2.25. The summed E-state index contributed by atoms with van der Waals surface area (Å²) >= 11 is 0. The fourth-order valence-corrected chi connectivity index (χ4v) is 3.52. The van der Waals surface area contributed by atoms with Gasteiger partial charge >= 0.3 is 6.18 Å². The normalized spacial score (nSPS) is 16.0. The van der Waals surface area contributed by atoms with E-state index in [9.17, 15) is 13.2 Å². The molecule has 9 heteroatoms. The quantitative estimate of drug-likeness (QED) is 0.752. The lowest BCUT2D eigenvalue weighted by Gasteiger charge is -2.37. The van der Waals surface area contributed by atoms with Crippen LogP contribution in [0.4, 0.5) is 24.8 Å². The van der Waals surface area contributed by atoms with Crippen molar-refractivity contribution in [2.45, 2.75) is 38.4 Å². The van der Waals surface area contributed by atoms with Crippen LogP contribution in [0.3, 0.4) is 0 Å². The monoisotopic (exact) mass is 408 g/mol. The van der Waals surface area contributed by atoms with Gasteiger partial charge in [-0.2, -0.15) is 13.2 Å². The highest BCUT2D eigenvalue weighted by atomic mass is 19.4. The second-order valence-electron chi connectivity index (χ2n) is 7.35. The minimum absolute atomic E-state index is 0.182. The van der Waals surface area contributed by atoms with Gasteiger partial charge in [0.15, 0.2) is 0 Å².